The predicted octanol–water partition coefficient (Wildman–Crippen LogP) is 5.55. The number of ether oxygens (including phenoxy) is 1. The van der Waals surface area contributed by atoms with Crippen LogP contribution < -0.4 is 15.4 Å². The van der Waals surface area contributed by atoms with E-state index in [4.69, 9.17) is 16.3 Å². The number of carbonyl (C=O) groups excluding carboxylic acids is 2. The summed E-state index contributed by atoms with van der Waals surface area (Å²) in [4.78, 5) is 29.1. The Kier molecular flexibility index (Phi) is 7.90. The Balaban J connectivity index is 1.47. The molecule has 39 heavy (non-hydrogen) atoms. The fraction of sp³-hybridized carbons (Fsp3) is 0.321. The maximum absolute atomic E-state index is 13.2. The van der Waals surface area contributed by atoms with Crippen molar-refractivity contribution in [1.29, 1.82) is 0 Å². The highest BCUT2D eigenvalue weighted by molar-refractivity contribution is 6.31. The number of amides is 2. The Bertz CT molecular complexity index is 1370. The van der Waals surface area contributed by atoms with Gasteiger partial charge in [0.25, 0.3) is 5.91 Å². The van der Waals surface area contributed by atoms with Gasteiger partial charge in [-0.05, 0) is 62.1 Å². The van der Waals surface area contributed by atoms with Gasteiger partial charge in [0, 0.05) is 22.5 Å². The van der Waals surface area contributed by atoms with Crippen molar-refractivity contribution in [3.63, 3.8) is 0 Å². The lowest BCUT2D eigenvalue weighted by atomic mass is 9.95. The number of pyridine rings is 1. The minimum atomic E-state index is -4.56. The van der Waals surface area contributed by atoms with Crippen molar-refractivity contribution in [2.75, 3.05) is 5.32 Å². The molecule has 0 radical (unpaired) electrons. The summed E-state index contributed by atoms with van der Waals surface area (Å²) in [7, 11) is 0. The first kappa shape index (κ1) is 28.4. The van der Waals surface area contributed by atoms with Crippen LogP contribution in [0, 0.1) is 0 Å². The number of carbonyl (C=O) groups is 2. The third-order valence-electron chi connectivity index (χ3n) is 6.32. The number of nitrogens with zero attached hydrogens (tertiary/aromatic N) is 1. The van der Waals surface area contributed by atoms with E-state index in [0.717, 1.165) is 5.56 Å². The predicted molar refractivity (Wildman–Crippen MR) is 140 cm³/mol. The second-order valence-corrected chi connectivity index (χ2v) is 10.4. The number of alkyl halides is 3. The third-order valence-corrected chi connectivity index (χ3v) is 6.67. The molecule has 0 aliphatic heterocycles. The molecule has 7 nitrogen and oxygen atoms in total. The molecule has 3 aromatic rings. The van der Waals surface area contributed by atoms with Gasteiger partial charge in [0.05, 0.1) is 12.0 Å². The van der Waals surface area contributed by atoms with Crippen LogP contribution in [-0.2, 0) is 23.4 Å². The Hall–Kier alpha value is -3.63. The Morgan fingerprint density at radius 1 is 1.10 bits per heavy atom. The van der Waals surface area contributed by atoms with E-state index in [1.165, 1.54) is 18.3 Å². The lowest BCUT2D eigenvalue weighted by Gasteiger charge is -2.23. The van der Waals surface area contributed by atoms with Crippen LogP contribution >= 0.6 is 11.6 Å². The van der Waals surface area contributed by atoms with Gasteiger partial charge in [-0.3, -0.25) is 14.6 Å². The van der Waals surface area contributed by atoms with Gasteiger partial charge in [-0.15, -0.1) is 0 Å². The first-order valence-corrected chi connectivity index (χ1v) is 12.5. The fourth-order valence-corrected chi connectivity index (χ4v) is 4.19. The van der Waals surface area contributed by atoms with Gasteiger partial charge >= 0.3 is 6.18 Å². The van der Waals surface area contributed by atoms with Gasteiger partial charge in [0.2, 0.25) is 5.91 Å². The summed E-state index contributed by atoms with van der Waals surface area (Å²) >= 11 is 6.44. The normalized spacial score (nSPS) is 14.4. The summed E-state index contributed by atoms with van der Waals surface area (Å²) in [6.07, 6.45) is -3.89. The summed E-state index contributed by atoms with van der Waals surface area (Å²) in [6, 6.07) is 15.2. The zero-order valence-corrected chi connectivity index (χ0v) is 22.0. The van der Waals surface area contributed by atoms with E-state index >= 15 is 0 Å². The molecular weight excluding hydrogens is 535 g/mol. The van der Waals surface area contributed by atoms with Crippen molar-refractivity contribution in [2.45, 2.75) is 57.0 Å². The van der Waals surface area contributed by atoms with E-state index in [1.807, 2.05) is 35.6 Å². The van der Waals surface area contributed by atoms with E-state index < -0.39 is 29.1 Å². The van der Waals surface area contributed by atoms with Gasteiger partial charge in [0.15, 0.2) is 0 Å². The number of hydrogen-bond acceptors (Lipinski definition) is 5. The largest absolute Gasteiger partial charge is 0.488 e. The van der Waals surface area contributed by atoms with Crippen LogP contribution in [0.3, 0.4) is 0 Å². The molecule has 1 aromatic heterocycles. The van der Waals surface area contributed by atoms with Crippen molar-refractivity contribution in [1.82, 2.24) is 10.3 Å². The maximum Gasteiger partial charge on any atom is 0.411 e. The maximum atomic E-state index is 13.2. The molecule has 1 fully saturated rings. The number of nitrogens with one attached hydrogen (secondary N) is 2. The van der Waals surface area contributed by atoms with Gasteiger partial charge in [-0.25, -0.2) is 0 Å². The van der Waals surface area contributed by atoms with Gasteiger partial charge in [0.1, 0.15) is 23.6 Å². The topological polar surface area (TPSA) is 101 Å². The molecule has 0 spiro atoms. The van der Waals surface area contributed by atoms with E-state index in [2.05, 4.69) is 10.3 Å². The number of anilines is 1. The number of benzene rings is 2. The summed E-state index contributed by atoms with van der Waals surface area (Å²) < 4.78 is 45.5. The molecule has 1 heterocycles. The van der Waals surface area contributed by atoms with Crippen molar-refractivity contribution in [3.8, 4) is 5.75 Å². The summed E-state index contributed by atoms with van der Waals surface area (Å²) in [6.45, 7) is 3.42. The van der Waals surface area contributed by atoms with E-state index in [0.29, 0.717) is 16.9 Å². The summed E-state index contributed by atoms with van der Waals surface area (Å²) in [5, 5.41) is 15.5. The summed E-state index contributed by atoms with van der Waals surface area (Å²) in [5.74, 6) is -1.11. The number of hydrogen-bond donors (Lipinski definition) is 3. The van der Waals surface area contributed by atoms with Crippen LogP contribution in [0.4, 0.5) is 18.9 Å². The second-order valence-electron chi connectivity index (χ2n) is 9.96. The lowest BCUT2D eigenvalue weighted by molar-refractivity contribution is -0.163. The molecule has 1 saturated carbocycles. The first-order valence-electron chi connectivity index (χ1n) is 12.1. The Morgan fingerprint density at radius 3 is 2.41 bits per heavy atom. The zero-order valence-electron chi connectivity index (χ0n) is 21.2. The molecule has 1 aliphatic carbocycles. The van der Waals surface area contributed by atoms with Crippen LogP contribution in [0.1, 0.15) is 53.9 Å². The van der Waals surface area contributed by atoms with Crippen molar-refractivity contribution < 1.29 is 32.6 Å². The van der Waals surface area contributed by atoms with Crippen molar-refractivity contribution >= 4 is 29.1 Å². The van der Waals surface area contributed by atoms with Gasteiger partial charge in [-0.1, -0.05) is 41.9 Å². The number of rotatable bonds is 9. The highest BCUT2D eigenvalue weighted by Gasteiger charge is 2.64. The van der Waals surface area contributed by atoms with Gasteiger partial charge < -0.3 is 20.5 Å². The molecule has 2 aromatic carbocycles. The quantitative estimate of drug-likeness (QED) is 0.318. The highest BCUT2D eigenvalue weighted by atomic mass is 35.5. The molecule has 206 valence electrons. The number of aromatic nitrogens is 1. The van der Waals surface area contributed by atoms with E-state index in [-0.39, 0.29) is 42.3 Å². The van der Waals surface area contributed by atoms with Crippen LogP contribution in [-0.4, -0.2) is 33.6 Å². The third kappa shape index (κ3) is 6.88. The Labute approximate surface area is 228 Å². The van der Waals surface area contributed by atoms with Crippen LogP contribution in [0.5, 0.6) is 5.75 Å². The Morgan fingerprint density at radius 2 is 1.79 bits per heavy atom. The van der Waals surface area contributed by atoms with E-state index in [9.17, 15) is 27.9 Å². The summed E-state index contributed by atoms with van der Waals surface area (Å²) in [5.41, 5.74) is -1.78. The standard InChI is InChI=1S/C28H27ClF3N3O4/c1-26(2,38)20-15-21(29)18(12-23(20)39-16-17-6-4-3-5-7-17)13-24(36)34-19-8-11-33-22(14-19)25(37)35-27(9-10-27)28(30,31)32/h3-8,11-12,14-15,38H,9-10,13,16H2,1-2H3,(H,35,37)(H,33,34,36). The molecule has 0 bridgehead atoms. The SMILES string of the molecule is CC(C)(O)c1cc(Cl)c(CC(=O)Nc2ccnc(C(=O)NC3(C(F)(F)F)CC3)c2)cc1OCc1ccccc1. The number of halogens is 4. The minimum absolute atomic E-state index is 0.173. The van der Waals surface area contributed by atoms with Crippen LogP contribution in [0.25, 0.3) is 0 Å². The minimum Gasteiger partial charge on any atom is -0.488 e. The van der Waals surface area contributed by atoms with Crippen molar-refractivity contribution in [2.24, 2.45) is 0 Å². The lowest BCUT2D eigenvalue weighted by Crippen LogP contribution is -2.48. The van der Waals surface area contributed by atoms with Crippen molar-refractivity contribution in [3.05, 3.63) is 88.2 Å². The average Bonchev–Trinajstić information content (AvgIpc) is 3.65. The smallest absolute Gasteiger partial charge is 0.411 e. The zero-order chi connectivity index (χ0) is 28.4. The fourth-order valence-electron chi connectivity index (χ4n) is 3.96. The number of aliphatic hydroxyl groups is 1. The molecular formula is C28H27ClF3N3O4. The average molecular weight is 562 g/mol. The van der Waals surface area contributed by atoms with Gasteiger partial charge in [-0.2, -0.15) is 13.2 Å². The molecule has 4 rings (SSSR count). The molecule has 0 unspecified atom stereocenters. The molecule has 1 aliphatic rings. The second kappa shape index (κ2) is 10.9. The highest BCUT2D eigenvalue weighted by Crippen LogP contribution is 2.49. The van der Waals surface area contributed by atoms with E-state index in [1.54, 1.807) is 26.0 Å². The molecule has 0 atom stereocenters. The molecule has 11 heteroatoms. The molecule has 0 saturated heterocycles. The van der Waals surface area contributed by atoms with Crippen LogP contribution in [0.2, 0.25) is 5.02 Å². The first-order chi connectivity index (χ1) is 18.3. The molecule has 3 N–H and O–H groups in total. The van der Waals surface area contributed by atoms with Crippen LogP contribution in [0.15, 0.2) is 60.8 Å². The monoisotopic (exact) mass is 561 g/mol. The molecule has 2 amide bonds.